The van der Waals surface area contributed by atoms with Crippen molar-refractivity contribution in [2.75, 3.05) is 13.2 Å². The highest BCUT2D eigenvalue weighted by atomic mass is 35.5. The van der Waals surface area contributed by atoms with Gasteiger partial charge in [0, 0.05) is 28.7 Å². The molecule has 2 aromatic rings. The van der Waals surface area contributed by atoms with Crippen molar-refractivity contribution in [2.24, 2.45) is 0 Å². The maximum atomic E-state index is 11.8. The van der Waals surface area contributed by atoms with E-state index >= 15 is 0 Å². The molecule has 2 rings (SSSR count). The molecule has 136 valence electrons. The molecule has 7 nitrogen and oxygen atoms in total. The van der Waals surface area contributed by atoms with Gasteiger partial charge in [0.05, 0.1) is 10.5 Å². The molecule has 9 heteroatoms. The number of nitro benzene ring substituents is 1. The fourth-order valence-corrected chi connectivity index (χ4v) is 2.58. The van der Waals surface area contributed by atoms with E-state index in [1.165, 1.54) is 18.2 Å². The van der Waals surface area contributed by atoms with Crippen molar-refractivity contribution in [1.29, 1.82) is 0 Å². The van der Waals surface area contributed by atoms with Crippen molar-refractivity contribution in [3.63, 3.8) is 0 Å². The summed E-state index contributed by atoms with van der Waals surface area (Å²) >= 11 is 11.8. The number of hydrogen-bond acceptors (Lipinski definition) is 5. The van der Waals surface area contributed by atoms with Gasteiger partial charge in [0.15, 0.2) is 6.61 Å². The predicted molar refractivity (Wildman–Crippen MR) is 96.6 cm³/mol. The van der Waals surface area contributed by atoms with Gasteiger partial charge in [0.1, 0.15) is 0 Å². The quantitative estimate of drug-likeness (QED) is 0.439. The van der Waals surface area contributed by atoms with Gasteiger partial charge < -0.3 is 10.1 Å². The molecular formula is C17H14Cl2N2O5. The average molecular weight is 397 g/mol. The fraction of sp³-hybridized carbons (Fsp3) is 0.176. The van der Waals surface area contributed by atoms with Crippen LogP contribution in [0, 0.1) is 10.1 Å². The van der Waals surface area contributed by atoms with E-state index in [0.29, 0.717) is 23.0 Å². The molecule has 0 aliphatic heterocycles. The molecule has 0 saturated carbocycles. The first-order valence-electron chi connectivity index (χ1n) is 7.49. The van der Waals surface area contributed by atoms with Crippen LogP contribution in [-0.2, 0) is 16.0 Å². The molecule has 0 saturated heterocycles. The first-order valence-corrected chi connectivity index (χ1v) is 8.24. The number of carbonyl (C=O) groups is 2. The Morgan fingerprint density at radius 1 is 1.15 bits per heavy atom. The summed E-state index contributed by atoms with van der Waals surface area (Å²) in [6.07, 6.45) is 0.487. The van der Waals surface area contributed by atoms with Gasteiger partial charge in [0.25, 0.3) is 11.6 Å². The van der Waals surface area contributed by atoms with Gasteiger partial charge in [-0.15, -0.1) is 0 Å². The maximum Gasteiger partial charge on any atom is 0.338 e. The summed E-state index contributed by atoms with van der Waals surface area (Å²) in [5.41, 5.74) is 0.591. The highest BCUT2D eigenvalue weighted by molar-refractivity contribution is 6.35. The summed E-state index contributed by atoms with van der Waals surface area (Å²) in [4.78, 5) is 33.6. The zero-order valence-electron chi connectivity index (χ0n) is 13.4. The zero-order valence-corrected chi connectivity index (χ0v) is 14.9. The van der Waals surface area contributed by atoms with Crippen LogP contribution < -0.4 is 5.32 Å². The highest BCUT2D eigenvalue weighted by Gasteiger charge is 2.14. The number of nitrogens with zero attached hydrogens (tertiary/aromatic N) is 1. The Hall–Kier alpha value is -2.64. The lowest BCUT2D eigenvalue weighted by Crippen LogP contribution is -2.30. The topological polar surface area (TPSA) is 98.5 Å². The molecule has 0 spiro atoms. The van der Waals surface area contributed by atoms with E-state index < -0.39 is 23.4 Å². The summed E-state index contributed by atoms with van der Waals surface area (Å²) in [7, 11) is 0. The van der Waals surface area contributed by atoms with Gasteiger partial charge in [0.2, 0.25) is 0 Å². The smallest absolute Gasteiger partial charge is 0.338 e. The van der Waals surface area contributed by atoms with Gasteiger partial charge in [-0.2, -0.15) is 0 Å². The van der Waals surface area contributed by atoms with Gasteiger partial charge in [-0.3, -0.25) is 14.9 Å². The molecule has 1 N–H and O–H groups in total. The molecule has 0 fully saturated rings. The van der Waals surface area contributed by atoms with Gasteiger partial charge in [-0.25, -0.2) is 4.79 Å². The Labute approximate surface area is 159 Å². The molecule has 0 bridgehead atoms. The molecule has 0 heterocycles. The Morgan fingerprint density at radius 3 is 2.62 bits per heavy atom. The van der Waals surface area contributed by atoms with Crippen molar-refractivity contribution >= 4 is 40.8 Å². The Balaban J connectivity index is 1.78. The van der Waals surface area contributed by atoms with E-state index in [1.807, 2.05) is 0 Å². The number of hydrogen-bond donors (Lipinski definition) is 1. The van der Waals surface area contributed by atoms with E-state index in [9.17, 15) is 19.7 Å². The van der Waals surface area contributed by atoms with Crippen LogP contribution in [0.2, 0.25) is 10.0 Å². The normalized spacial score (nSPS) is 10.2. The third kappa shape index (κ3) is 5.72. The van der Waals surface area contributed by atoms with Gasteiger partial charge in [-0.1, -0.05) is 35.3 Å². The number of esters is 1. The van der Waals surface area contributed by atoms with Gasteiger partial charge in [-0.05, 0) is 30.2 Å². The molecule has 0 atom stereocenters. The van der Waals surface area contributed by atoms with Crippen LogP contribution in [0.1, 0.15) is 15.9 Å². The van der Waals surface area contributed by atoms with Crippen molar-refractivity contribution < 1.29 is 19.2 Å². The van der Waals surface area contributed by atoms with E-state index in [-0.39, 0.29) is 11.3 Å². The fourth-order valence-electron chi connectivity index (χ4n) is 2.07. The number of amides is 1. The minimum absolute atomic E-state index is 0.0000499. The number of nitro groups is 1. The van der Waals surface area contributed by atoms with Crippen LogP contribution in [-0.4, -0.2) is 30.0 Å². The van der Waals surface area contributed by atoms with Crippen LogP contribution in [0.5, 0.6) is 0 Å². The second-order valence-electron chi connectivity index (χ2n) is 5.22. The summed E-state index contributed by atoms with van der Waals surface area (Å²) in [6.45, 7) is -0.190. The number of non-ortho nitro benzene ring substituents is 1. The number of nitrogens with one attached hydrogen (secondary N) is 1. The van der Waals surface area contributed by atoms with E-state index in [2.05, 4.69) is 5.32 Å². The number of halogens is 2. The first-order chi connectivity index (χ1) is 12.4. The second kappa shape index (κ2) is 9.17. The van der Waals surface area contributed by atoms with Crippen LogP contribution in [0.25, 0.3) is 0 Å². The molecule has 2 aromatic carbocycles. The number of rotatable bonds is 7. The van der Waals surface area contributed by atoms with E-state index in [1.54, 1.807) is 18.2 Å². The molecular weight excluding hydrogens is 383 g/mol. The van der Waals surface area contributed by atoms with Crippen molar-refractivity contribution in [2.45, 2.75) is 6.42 Å². The highest BCUT2D eigenvalue weighted by Crippen LogP contribution is 2.21. The van der Waals surface area contributed by atoms with Crippen molar-refractivity contribution in [3.8, 4) is 0 Å². The molecule has 0 aliphatic carbocycles. The third-order valence-corrected chi connectivity index (χ3v) is 3.95. The van der Waals surface area contributed by atoms with Crippen LogP contribution in [0.4, 0.5) is 5.69 Å². The lowest BCUT2D eigenvalue weighted by molar-refractivity contribution is -0.384. The molecule has 0 unspecified atom stereocenters. The average Bonchev–Trinajstić information content (AvgIpc) is 2.61. The van der Waals surface area contributed by atoms with Gasteiger partial charge >= 0.3 is 5.97 Å². The number of ether oxygens (including phenoxy) is 1. The predicted octanol–water partition coefficient (Wildman–Crippen LogP) is 3.42. The molecule has 0 aliphatic rings. The first kappa shape index (κ1) is 19.7. The minimum Gasteiger partial charge on any atom is -0.452 e. The third-order valence-electron chi connectivity index (χ3n) is 3.36. The molecule has 0 radical (unpaired) electrons. The largest absolute Gasteiger partial charge is 0.452 e. The van der Waals surface area contributed by atoms with E-state index in [4.69, 9.17) is 27.9 Å². The zero-order chi connectivity index (χ0) is 19.1. The number of carbonyl (C=O) groups excluding carboxylic acids is 2. The van der Waals surface area contributed by atoms with E-state index in [0.717, 1.165) is 11.6 Å². The molecule has 26 heavy (non-hydrogen) atoms. The standard InChI is InChI=1S/C17H14Cl2N2O5/c18-13-5-4-11(15(19)9-13)6-7-20-16(22)10-26-17(23)12-2-1-3-14(8-12)21(24)25/h1-5,8-9H,6-7,10H2,(H,20,22). The Morgan fingerprint density at radius 2 is 1.92 bits per heavy atom. The van der Waals surface area contributed by atoms with Crippen molar-refractivity contribution in [1.82, 2.24) is 5.32 Å². The summed E-state index contributed by atoms with van der Waals surface area (Å²) in [5.74, 6) is -1.31. The summed E-state index contributed by atoms with van der Waals surface area (Å²) in [5, 5.41) is 14.3. The lowest BCUT2D eigenvalue weighted by Gasteiger charge is -2.08. The molecule has 0 aromatic heterocycles. The van der Waals surface area contributed by atoms with Crippen molar-refractivity contribution in [3.05, 3.63) is 73.8 Å². The minimum atomic E-state index is -0.815. The van der Waals surface area contributed by atoms with Crippen LogP contribution >= 0.6 is 23.2 Å². The summed E-state index contributed by atoms with van der Waals surface area (Å²) in [6, 6.07) is 10.2. The van der Waals surface area contributed by atoms with Crippen LogP contribution in [0.15, 0.2) is 42.5 Å². The molecule has 1 amide bonds. The number of benzene rings is 2. The van der Waals surface area contributed by atoms with Crippen LogP contribution in [0.3, 0.4) is 0 Å². The lowest BCUT2D eigenvalue weighted by atomic mass is 10.1. The second-order valence-corrected chi connectivity index (χ2v) is 6.06. The monoisotopic (exact) mass is 396 g/mol. The summed E-state index contributed by atoms with van der Waals surface area (Å²) < 4.78 is 4.85. The SMILES string of the molecule is O=C(COC(=O)c1cccc([N+](=O)[O-])c1)NCCc1ccc(Cl)cc1Cl. The Bertz CT molecular complexity index is 842. The Kier molecular flexibility index (Phi) is 6.94. The maximum absolute atomic E-state index is 11.8.